The first-order valence-electron chi connectivity index (χ1n) is 5.65. The van der Waals surface area contributed by atoms with Gasteiger partial charge in [0.15, 0.2) is 5.82 Å². The molecule has 1 aromatic heterocycles. The van der Waals surface area contributed by atoms with Gasteiger partial charge in [-0.3, -0.25) is 4.57 Å². The van der Waals surface area contributed by atoms with E-state index in [9.17, 15) is 8.42 Å². The molecule has 0 saturated heterocycles. The predicted molar refractivity (Wildman–Crippen MR) is 79.9 cm³/mol. The molecular weight excluding hydrogens is 368 g/mol. The van der Waals surface area contributed by atoms with E-state index < -0.39 is 10.0 Å². The van der Waals surface area contributed by atoms with E-state index in [1.54, 1.807) is 18.2 Å². The largest absolute Gasteiger partial charge is 0.294 e. The van der Waals surface area contributed by atoms with E-state index >= 15 is 0 Å². The zero-order chi connectivity index (χ0) is 15.1. The standard InChI is InChI=1S/C11H12BrClN4O2S/c1-6(2)17-10(15-16-11(17)20(14,18)19)7-4-3-5-8(12)9(7)13/h3-6H,1-2H3,(H2,14,18,19). The summed E-state index contributed by atoms with van der Waals surface area (Å²) in [6.07, 6.45) is 0. The van der Waals surface area contributed by atoms with E-state index in [0.717, 1.165) is 0 Å². The van der Waals surface area contributed by atoms with E-state index in [2.05, 4.69) is 26.1 Å². The summed E-state index contributed by atoms with van der Waals surface area (Å²) >= 11 is 9.54. The van der Waals surface area contributed by atoms with Crippen LogP contribution in [0.2, 0.25) is 5.02 Å². The van der Waals surface area contributed by atoms with Crippen LogP contribution in [0, 0.1) is 0 Å². The molecule has 0 spiro atoms. The van der Waals surface area contributed by atoms with Crippen molar-refractivity contribution in [2.24, 2.45) is 5.14 Å². The maximum Gasteiger partial charge on any atom is 0.273 e. The Morgan fingerprint density at radius 3 is 2.55 bits per heavy atom. The summed E-state index contributed by atoms with van der Waals surface area (Å²) in [6.45, 7) is 3.63. The maximum atomic E-state index is 11.6. The van der Waals surface area contributed by atoms with Crippen molar-refractivity contribution in [3.05, 3.63) is 27.7 Å². The third kappa shape index (κ3) is 2.73. The highest BCUT2D eigenvalue weighted by molar-refractivity contribution is 9.10. The average molecular weight is 380 g/mol. The van der Waals surface area contributed by atoms with Gasteiger partial charge in [-0.2, -0.15) is 0 Å². The van der Waals surface area contributed by atoms with Crippen LogP contribution in [0.25, 0.3) is 11.4 Å². The van der Waals surface area contributed by atoms with Gasteiger partial charge in [-0.05, 0) is 41.9 Å². The van der Waals surface area contributed by atoms with Crippen LogP contribution in [0.1, 0.15) is 19.9 Å². The van der Waals surface area contributed by atoms with E-state index in [-0.39, 0.29) is 11.2 Å². The topological polar surface area (TPSA) is 90.9 Å². The number of primary sulfonamides is 1. The van der Waals surface area contributed by atoms with Gasteiger partial charge >= 0.3 is 0 Å². The van der Waals surface area contributed by atoms with Gasteiger partial charge < -0.3 is 0 Å². The second-order valence-corrected chi connectivity index (χ2v) is 7.10. The van der Waals surface area contributed by atoms with Gasteiger partial charge in [-0.25, -0.2) is 13.6 Å². The smallest absolute Gasteiger partial charge is 0.273 e. The number of rotatable bonds is 3. The molecule has 9 heteroatoms. The molecule has 108 valence electrons. The number of nitrogens with zero attached hydrogens (tertiary/aromatic N) is 3. The van der Waals surface area contributed by atoms with Gasteiger partial charge in [0.05, 0.1) is 5.02 Å². The van der Waals surface area contributed by atoms with Crippen LogP contribution in [0.4, 0.5) is 0 Å². The van der Waals surface area contributed by atoms with Crippen molar-refractivity contribution in [1.29, 1.82) is 0 Å². The minimum absolute atomic E-state index is 0.191. The molecule has 0 bridgehead atoms. The molecule has 0 unspecified atom stereocenters. The molecule has 0 saturated carbocycles. The zero-order valence-electron chi connectivity index (χ0n) is 10.7. The summed E-state index contributed by atoms with van der Waals surface area (Å²) in [4.78, 5) is 0. The number of nitrogens with two attached hydrogens (primary N) is 1. The van der Waals surface area contributed by atoms with Crippen molar-refractivity contribution < 1.29 is 8.42 Å². The third-order valence-electron chi connectivity index (χ3n) is 2.63. The molecule has 0 fully saturated rings. The molecule has 20 heavy (non-hydrogen) atoms. The van der Waals surface area contributed by atoms with Crippen molar-refractivity contribution in [3.63, 3.8) is 0 Å². The highest BCUT2D eigenvalue weighted by Gasteiger charge is 2.25. The van der Waals surface area contributed by atoms with Crippen LogP contribution in [0.3, 0.4) is 0 Å². The van der Waals surface area contributed by atoms with Crippen LogP contribution >= 0.6 is 27.5 Å². The molecular formula is C11H12BrClN4O2S. The number of benzene rings is 1. The van der Waals surface area contributed by atoms with E-state index in [0.29, 0.717) is 20.9 Å². The number of aromatic nitrogens is 3. The van der Waals surface area contributed by atoms with Crippen molar-refractivity contribution in [3.8, 4) is 11.4 Å². The molecule has 1 heterocycles. The minimum Gasteiger partial charge on any atom is -0.294 e. The second-order valence-electron chi connectivity index (χ2n) is 4.42. The first-order chi connectivity index (χ1) is 9.23. The lowest BCUT2D eigenvalue weighted by atomic mass is 10.2. The van der Waals surface area contributed by atoms with Gasteiger partial charge in [-0.1, -0.05) is 17.7 Å². The minimum atomic E-state index is -3.95. The number of hydrogen-bond donors (Lipinski definition) is 1. The molecule has 0 amide bonds. The number of hydrogen-bond acceptors (Lipinski definition) is 4. The molecule has 1 aromatic carbocycles. The van der Waals surface area contributed by atoms with Crippen LogP contribution in [0.5, 0.6) is 0 Å². The van der Waals surface area contributed by atoms with Gasteiger partial charge in [0.1, 0.15) is 0 Å². The quantitative estimate of drug-likeness (QED) is 0.887. The van der Waals surface area contributed by atoms with Crippen molar-refractivity contribution >= 4 is 37.6 Å². The Morgan fingerprint density at radius 1 is 1.35 bits per heavy atom. The van der Waals surface area contributed by atoms with Crippen LogP contribution in [0.15, 0.2) is 27.8 Å². The zero-order valence-corrected chi connectivity index (χ0v) is 13.9. The third-order valence-corrected chi connectivity index (χ3v) is 4.71. The number of sulfonamides is 1. The summed E-state index contributed by atoms with van der Waals surface area (Å²) in [7, 11) is -3.95. The fourth-order valence-electron chi connectivity index (χ4n) is 1.80. The predicted octanol–water partition coefficient (Wildman–Crippen LogP) is 2.59. The SMILES string of the molecule is CC(C)n1c(-c2cccc(Br)c2Cl)nnc1S(N)(=O)=O. The molecule has 2 rings (SSSR count). The fraction of sp³-hybridized carbons (Fsp3) is 0.273. The van der Waals surface area contributed by atoms with E-state index in [1.807, 2.05) is 13.8 Å². The van der Waals surface area contributed by atoms with Gasteiger partial charge in [0.25, 0.3) is 15.2 Å². The Kier molecular flexibility index (Phi) is 4.19. The van der Waals surface area contributed by atoms with Crippen LogP contribution in [-0.2, 0) is 10.0 Å². The monoisotopic (exact) mass is 378 g/mol. The summed E-state index contributed by atoms with van der Waals surface area (Å²) in [5, 5.41) is 12.9. The van der Waals surface area contributed by atoms with Crippen LogP contribution < -0.4 is 5.14 Å². The van der Waals surface area contributed by atoms with Crippen molar-refractivity contribution in [1.82, 2.24) is 14.8 Å². The van der Waals surface area contributed by atoms with E-state index in [4.69, 9.17) is 16.7 Å². The Balaban J connectivity index is 2.76. The summed E-state index contributed by atoms with van der Waals surface area (Å²) in [5.74, 6) is 0.357. The van der Waals surface area contributed by atoms with Gasteiger partial charge in [0.2, 0.25) is 0 Å². The molecule has 0 aliphatic carbocycles. The van der Waals surface area contributed by atoms with Crippen LogP contribution in [-0.4, -0.2) is 23.2 Å². The molecule has 0 aliphatic heterocycles. The Hall–Kier alpha value is -0.960. The summed E-state index contributed by atoms with van der Waals surface area (Å²) < 4.78 is 25.3. The lowest BCUT2D eigenvalue weighted by Gasteiger charge is -2.14. The van der Waals surface area contributed by atoms with Gasteiger partial charge in [0, 0.05) is 16.1 Å². The average Bonchev–Trinajstić information content (AvgIpc) is 2.77. The second kappa shape index (κ2) is 5.44. The molecule has 6 nitrogen and oxygen atoms in total. The molecule has 0 atom stereocenters. The fourth-order valence-corrected chi connectivity index (χ4v) is 3.10. The molecule has 0 aliphatic rings. The normalized spacial score (nSPS) is 12.1. The lowest BCUT2D eigenvalue weighted by Crippen LogP contribution is -2.20. The summed E-state index contributed by atoms with van der Waals surface area (Å²) in [5.41, 5.74) is 0.581. The maximum absolute atomic E-state index is 11.6. The first kappa shape index (κ1) is 15.4. The van der Waals surface area contributed by atoms with Gasteiger partial charge in [-0.15, -0.1) is 10.2 Å². The Labute approximate surface area is 130 Å². The molecule has 2 N–H and O–H groups in total. The molecule has 0 radical (unpaired) electrons. The highest BCUT2D eigenvalue weighted by atomic mass is 79.9. The highest BCUT2D eigenvalue weighted by Crippen LogP contribution is 2.34. The Morgan fingerprint density at radius 2 is 2.00 bits per heavy atom. The summed E-state index contributed by atoms with van der Waals surface area (Å²) in [6, 6.07) is 5.11. The number of halogens is 2. The van der Waals surface area contributed by atoms with E-state index in [1.165, 1.54) is 4.57 Å². The van der Waals surface area contributed by atoms with Crippen molar-refractivity contribution in [2.45, 2.75) is 25.0 Å². The lowest BCUT2D eigenvalue weighted by molar-refractivity contribution is 0.524. The Bertz CT molecular complexity index is 758. The van der Waals surface area contributed by atoms with Crippen molar-refractivity contribution in [2.75, 3.05) is 0 Å². The first-order valence-corrected chi connectivity index (χ1v) is 8.37. The molecule has 2 aromatic rings.